The lowest BCUT2D eigenvalue weighted by molar-refractivity contribution is -0.0521. The Morgan fingerprint density at radius 3 is 2.78 bits per heavy atom. The lowest BCUT2D eigenvalue weighted by Gasteiger charge is -2.15. The highest BCUT2D eigenvalue weighted by Crippen LogP contribution is 2.24. The number of benzene rings is 1. The van der Waals surface area contributed by atoms with Gasteiger partial charge in [-0.15, -0.1) is 0 Å². The van der Waals surface area contributed by atoms with Crippen molar-refractivity contribution in [1.29, 1.82) is 0 Å². The van der Waals surface area contributed by atoms with Crippen molar-refractivity contribution in [2.75, 3.05) is 25.5 Å². The number of hydrogen-bond acceptors (Lipinski definition) is 3. The maximum Gasteiger partial charge on any atom is 0.387 e. The van der Waals surface area contributed by atoms with Crippen molar-refractivity contribution in [2.24, 2.45) is 0 Å². The number of halogens is 3. The van der Waals surface area contributed by atoms with E-state index in [2.05, 4.69) is 15.0 Å². The summed E-state index contributed by atoms with van der Waals surface area (Å²) < 4.78 is 41.4. The molecule has 1 fully saturated rings. The van der Waals surface area contributed by atoms with Crippen molar-refractivity contribution in [3.05, 3.63) is 24.0 Å². The molecule has 0 radical (unpaired) electrons. The second-order valence-electron chi connectivity index (χ2n) is 4.42. The Kier molecular flexibility index (Phi) is 3.96. The molecule has 0 saturated carbocycles. The maximum atomic E-state index is 13.5. The highest BCUT2D eigenvalue weighted by molar-refractivity contribution is 5.48. The number of alkyl halides is 2. The number of rotatable bonds is 4. The molecular weight excluding hydrogens is 245 g/mol. The molecule has 1 atom stereocenters. The van der Waals surface area contributed by atoms with Crippen molar-refractivity contribution in [1.82, 2.24) is 4.90 Å². The minimum atomic E-state index is -3.01. The van der Waals surface area contributed by atoms with E-state index in [9.17, 15) is 13.2 Å². The SMILES string of the molecule is CN1CCC(Nc2ccc(OC(F)F)c(F)c2)C1. The first-order valence-electron chi connectivity index (χ1n) is 5.74. The summed E-state index contributed by atoms with van der Waals surface area (Å²) in [6.45, 7) is -1.13. The van der Waals surface area contributed by atoms with Crippen molar-refractivity contribution in [3.8, 4) is 5.75 Å². The lowest BCUT2D eigenvalue weighted by Crippen LogP contribution is -2.23. The van der Waals surface area contributed by atoms with Crippen LogP contribution in [0.5, 0.6) is 5.75 Å². The van der Waals surface area contributed by atoms with Gasteiger partial charge in [-0.2, -0.15) is 8.78 Å². The average molecular weight is 260 g/mol. The zero-order chi connectivity index (χ0) is 13.1. The summed E-state index contributed by atoms with van der Waals surface area (Å²) in [4.78, 5) is 2.17. The van der Waals surface area contributed by atoms with Crippen LogP contribution in [-0.4, -0.2) is 37.7 Å². The van der Waals surface area contributed by atoms with Crippen molar-refractivity contribution in [2.45, 2.75) is 19.1 Å². The van der Waals surface area contributed by atoms with Crippen molar-refractivity contribution in [3.63, 3.8) is 0 Å². The Labute approximate surface area is 104 Å². The minimum absolute atomic E-state index is 0.260. The normalized spacial score (nSPS) is 20.4. The molecule has 1 aliphatic heterocycles. The first kappa shape index (κ1) is 13.0. The third kappa shape index (κ3) is 3.29. The monoisotopic (exact) mass is 260 g/mol. The molecule has 1 aliphatic rings. The van der Waals surface area contributed by atoms with Crippen molar-refractivity contribution < 1.29 is 17.9 Å². The number of likely N-dealkylation sites (N-methyl/N-ethyl adjacent to an activating group) is 1. The van der Waals surface area contributed by atoms with E-state index in [0.29, 0.717) is 5.69 Å². The van der Waals surface area contributed by atoms with Crippen LogP contribution in [0.15, 0.2) is 18.2 Å². The molecule has 0 bridgehead atoms. The van der Waals surface area contributed by atoms with Crippen LogP contribution < -0.4 is 10.1 Å². The third-order valence-electron chi connectivity index (χ3n) is 2.91. The molecule has 1 aromatic rings. The fourth-order valence-corrected chi connectivity index (χ4v) is 2.07. The van der Waals surface area contributed by atoms with E-state index in [0.717, 1.165) is 19.5 Å². The molecule has 0 spiro atoms. The summed E-state index contributed by atoms with van der Waals surface area (Å²) in [6, 6.07) is 4.19. The molecule has 1 saturated heterocycles. The maximum absolute atomic E-state index is 13.5. The van der Waals surface area contributed by atoms with Crippen molar-refractivity contribution >= 4 is 5.69 Å². The summed E-state index contributed by atoms with van der Waals surface area (Å²) in [5.41, 5.74) is 0.578. The molecular formula is C12H15F3N2O. The third-order valence-corrected chi connectivity index (χ3v) is 2.91. The second-order valence-corrected chi connectivity index (χ2v) is 4.42. The molecule has 0 aromatic heterocycles. The van der Waals surface area contributed by atoms with E-state index in [1.54, 1.807) is 6.07 Å². The predicted octanol–water partition coefficient (Wildman–Crippen LogP) is 2.54. The van der Waals surface area contributed by atoms with Gasteiger partial charge in [0.2, 0.25) is 0 Å². The Hall–Kier alpha value is -1.43. The van der Waals surface area contributed by atoms with Crippen LogP contribution in [0.4, 0.5) is 18.9 Å². The summed E-state index contributed by atoms with van der Waals surface area (Å²) >= 11 is 0. The topological polar surface area (TPSA) is 24.5 Å². The van der Waals surface area contributed by atoms with E-state index >= 15 is 0 Å². The van der Waals surface area contributed by atoms with Crippen LogP contribution in [0.3, 0.4) is 0 Å². The Morgan fingerprint density at radius 1 is 1.44 bits per heavy atom. The molecule has 6 heteroatoms. The number of likely N-dealkylation sites (tertiary alicyclic amines) is 1. The fourth-order valence-electron chi connectivity index (χ4n) is 2.07. The first-order valence-corrected chi connectivity index (χ1v) is 5.74. The Bertz CT molecular complexity index is 414. The van der Waals surface area contributed by atoms with Crippen LogP contribution in [0.1, 0.15) is 6.42 Å². The second kappa shape index (κ2) is 5.48. The van der Waals surface area contributed by atoms with E-state index in [1.165, 1.54) is 12.1 Å². The largest absolute Gasteiger partial charge is 0.432 e. The number of nitrogens with one attached hydrogen (secondary N) is 1. The highest BCUT2D eigenvalue weighted by atomic mass is 19.3. The van der Waals surface area contributed by atoms with Crippen LogP contribution in [-0.2, 0) is 0 Å². The molecule has 1 heterocycles. The van der Waals surface area contributed by atoms with Crippen LogP contribution in [0.25, 0.3) is 0 Å². The van der Waals surface area contributed by atoms with E-state index in [1.807, 2.05) is 7.05 Å². The average Bonchev–Trinajstić information content (AvgIpc) is 2.68. The van der Waals surface area contributed by atoms with Gasteiger partial charge < -0.3 is 15.0 Å². The van der Waals surface area contributed by atoms with E-state index in [-0.39, 0.29) is 6.04 Å². The zero-order valence-corrected chi connectivity index (χ0v) is 10.00. The fraction of sp³-hybridized carbons (Fsp3) is 0.500. The summed E-state index contributed by atoms with van der Waals surface area (Å²) in [7, 11) is 2.02. The molecule has 1 N–H and O–H groups in total. The van der Waals surface area contributed by atoms with Gasteiger partial charge in [-0.25, -0.2) is 4.39 Å². The van der Waals surface area contributed by atoms with Gasteiger partial charge in [-0.3, -0.25) is 0 Å². The molecule has 2 rings (SSSR count). The van der Waals surface area contributed by atoms with Gasteiger partial charge in [-0.05, 0) is 32.1 Å². The first-order chi connectivity index (χ1) is 8.54. The number of ether oxygens (including phenoxy) is 1. The molecule has 0 aliphatic carbocycles. The van der Waals surface area contributed by atoms with E-state index in [4.69, 9.17) is 0 Å². The van der Waals surface area contributed by atoms with Gasteiger partial charge in [-0.1, -0.05) is 0 Å². The van der Waals surface area contributed by atoms with Crippen LogP contribution in [0.2, 0.25) is 0 Å². The molecule has 1 aromatic carbocycles. The van der Waals surface area contributed by atoms with Crippen LogP contribution in [0, 0.1) is 5.82 Å². The summed E-state index contributed by atoms with van der Waals surface area (Å²) in [6.07, 6.45) is 0.980. The van der Waals surface area contributed by atoms with Crippen LogP contribution >= 0.6 is 0 Å². The molecule has 1 unspecified atom stereocenters. The minimum Gasteiger partial charge on any atom is -0.432 e. The van der Waals surface area contributed by atoms with Gasteiger partial charge in [0, 0.05) is 24.3 Å². The Balaban J connectivity index is 2.00. The zero-order valence-electron chi connectivity index (χ0n) is 10.00. The standard InChI is InChI=1S/C12H15F3N2O/c1-17-5-4-9(7-17)16-8-2-3-11(10(13)6-8)18-12(14)15/h2-3,6,9,12,16H,4-5,7H2,1H3. The molecule has 100 valence electrons. The molecule has 0 amide bonds. The quantitative estimate of drug-likeness (QED) is 0.900. The van der Waals surface area contributed by atoms with Gasteiger partial charge in [0.15, 0.2) is 11.6 Å². The van der Waals surface area contributed by atoms with Gasteiger partial charge in [0.05, 0.1) is 0 Å². The van der Waals surface area contributed by atoms with Gasteiger partial charge in [0.1, 0.15) is 0 Å². The number of nitrogens with zero attached hydrogens (tertiary/aromatic N) is 1. The smallest absolute Gasteiger partial charge is 0.387 e. The predicted molar refractivity (Wildman–Crippen MR) is 62.6 cm³/mol. The highest BCUT2D eigenvalue weighted by Gasteiger charge is 2.19. The van der Waals surface area contributed by atoms with E-state index < -0.39 is 18.2 Å². The van der Waals surface area contributed by atoms with Gasteiger partial charge >= 0.3 is 6.61 Å². The molecule has 3 nitrogen and oxygen atoms in total. The van der Waals surface area contributed by atoms with Gasteiger partial charge in [0.25, 0.3) is 0 Å². The summed E-state index contributed by atoms with van der Waals surface area (Å²) in [5, 5.41) is 3.17. The molecule has 18 heavy (non-hydrogen) atoms. The number of hydrogen-bond donors (Lipinski definition) is 1. The summed E-state index contributed by atoms with van der Waals surface area (Å²) in [5.74, 6) is -1.22. The number of anilines is 1. The lowest BCUT2D eigenvalue weighted by atomic mass is 10.2. The Morgan fingerprint density at radius 2 is 2.22 bits per heavy atom.